The molecule has 0 saturated carbocycles. The standard InChI is InChI=1S/C19H21ClN2O4/c1-12-15(11-26-24-3)18(14-7-4-5-8-16(14)20)17(13(2)22-12)19(23)25-10-6-9-21/h4-5,7-8,18,22H,6,10-11H2,1-3H3. The summed E-state index contributed by atoms with van der Waals surface area (Å²) >= 11 is 6.42. The van der Waals surface area contributed by atoms with Crippen molar-refractivity contribution in [2.24, 2.45) is 0 Å². The van der Waals surface area contributed by atoms with Crippen LogP contribution in [0.3, 0.4) is 0 Å². The molecule has 1 aliphatic heterocycles. The van der Waals surface area contributed by atoms with E-state index >= 15 is 0 Å². The molecule has 1 unspecified atom stereocenters. The molecule has 26 heavy (non-hydrogen) atoms. The van der Waals surface area contributed by atoms with Gasteiger partial charge in [-0.25, -0.2) is 14.6 Å². The van der Waals surface area contributed by atoms with E-state index in [2.05, 4.69) is 5.32 Å². The van der Waals surface area contributed by atoms with Gasteiger partial charge in [0.2, 0.25) is 0 Å². The number of dihydropyridines is 1. The van der Waals surface area contributed by atoms with Crippen LogP contribution >= 0.6 is 11.6 Å². The quantitative estimate of drug-likeness (QED) is 0.339. The summed E-state index contributed by atoms with van der Waals surface area (Å²) in [4.78, 5) is 22.6. The first-order chi connectivity index (χ1) is 12.5. The molecule has 1 heterocycles. The van der Waals surface area contributed by atoms with Gasteiger partial charge in [0.15, 0.2) is 0 Å². The lowest BCUT2D eigenvalue weighted by Gasteiger charge is -2.31. The maximum atomic E-state index is 12.7. The minimum atomic E-state index is -0.488. The highest BCUT2D eigenvalue weighted by atomic mass is 35.5. The Kier molecular flexibility index (Phi) is 7.22. The lowest BCUT2D eigenvalue weighted by atomic mass is 9.80. The van der Waals surface area contributed by atoms with Crippen LogP contribution in [0.15, 0.2) is 46.8 Å². The van der Waals surface area contributed by atoms with Crippen molar-refractivity contribution in [3.63, 3.8) is 0 Å². The van der Waals surface area contributed by atoms with Gasteiger partial charge >= 0.3 is 5.97 Å². The zero-order valence-corrected chi connectivity index (χ0v) is 15.7. The number of hydrogen-bond donors (Lipinski definition) is 1. The number of benzene rings is 1. The van der Waals surface area contributed by atoms with Crippen molar-refractivity contribution >= 4 is 17.6 Å². The fourth-order valence-electron chi connectivity index (χ4n) is 2.94. The van der Waals surface area contributed by atoms with Crippen molar-refractivity contribution in [3.8, 4) is 6.07 Å². The van der Waals surface area contributed by atoms with E-state index in [4.69, 9.17) is 31.4 Å². The predicted molar refractivity (Wildman–Crippen MR) is 96.9 cm³/mol. The summed E-state index contributed by atoms with van der Waals surface area (Å²) in [7, 11) is 1.43. The second kappa shape index (κ2) is 9.39. The Hall–Kier alpha value is -2.33. The molecular formula is C19H21ClN2O4. The van der Waals surface area contributed by atoms with Crippen molar-refractivity contribution < 1.29 is 19.3 Å². The molecule has 138 valence electrons. The van der Waals surface area contributed by atoms with Crippen LogP contribution in [0.5, 0.6) is 0 Å². The summed E-state index contributed by atoms with van der Waals surface area (Å²) < 4.78 is 5.27. The molecule has 0 saturated heterocycles. The minimum absolute atomic E-state index is 0.0357. The minimum Gasteiger partial charge on any atom is -0.461 e. The molecule has 1 atom stereocenters. The molecule has 0 aliphatic carbocycles. The summed E-state index contributed by atoms with van der Waals surface area (Å²) in [6.45, 7) is 3.91. The molecule has 1 aromatic rings. The first-order valence-electron chi connectivity index (χ1n) is 8.12. The molecule has 6 nitrogen and oxygen atoms in total. The third kappa shape index (κ3) is 4.44. The van der Waals surface area contributed by atoms with Gasteiger partial charge in [0, 0.05) is 22.3 Å². The van der Waals surface area contributed by atoms with E-state index in [1.807, 2.05) is 38.1 Å². The number of halogens is 1. The second-order valence-corrected chi connectivity index (χ2v) is 6.15. The van der Waals surface area contributed by atoms with E-state index in [9.17, 15) is 4.79 Å². The Morgan fingerprint density at radius 1 is 1.31 bits per heavy atom. The molecule has 7 heteroatoms. The number of allylic oxidation sites excluding steroid dienone is 2. The highest BCUT2D eigenvalue weighted by Crippen LogP contribution is 2.41. The van der Waals surface area contributed by atoms with Crippen molar-refractivity contribution in [1.29, 1.82) is 5.26 Å². The number of hydrogen-bond acceptors (Lipinski definition) is 6. The van der Waals surface area contributed by atoms with Gasteiger partial charge in [-0.05, 0) is 31.1 Å². The van der Waals surface area contributed by atoms with Gasteiger partial charge in [0.25, 0.3) is 0 Å². The SMILES string of the molecule is COOCC1=C(C)NC(C)=C(C(=O)OCCC#N)C1c1ccccc1Cl. The van der Waals surface area contributed by atoms with Gasteiger partial charge in [-0.15, -0.1) is 0 Å². The Balaban J connectivity index is 2.49. The fraction of sp³-hybridized carbons (Fsp3) is 0.368. The van der Waals surface area contributed by atoms with Gasteiger partial charge in [0.05, 0.1) is 25.2 Å². The number of ether oxygens (including phenoxy) is 1. The lowest BCUT2D eigenvalue weighted by Crippen LogP contribution is -2.31. The van der Waals surface area contributed by atoms with E-state index < -0.39 is 11.9 Å². The zero-order chi connectivity index (χ0) is 19.1. The van der Waals surface area contributed by atoms with E-state index in [0.29, 0.717) is 16.3 Å². The number of carbonyl (C=O) groups excluding carboxylic acids is 1. The molecule has 2 rings (SSSR count). The van der Waals surface area contributed by atoms with Gasteiger partial charge in [0.1, 0.15) is 13.2 Å². The average Bonchev–Trinajstić information content (AvgIpc) is 2.61. The van der Waals surface area contributed by atoms with E-state index in [1.54, 1.807) is 6.07 Å². The molecule has 0 aromatic heterocycles. The largest absolute Gasteiger partial charge is 0.461 e. The van der Waals surface area contributed by atoms with Crippen LogP contribution in [-0.2, 0) is 19.3 Å². The van der Waals surface area contributed by atoms with Crippen molar-refractivity contribution in [3.05, 3.63) is 57.4 Å². The van der Waals surface area contributed by atoms with Crippen LogP contribution in [0.1, 0.15) is 31.7 Å². The van der Waals surface area contributed by atoms with Crippen LogP contribution in [0, 0.1) is 11.3 Å². The third-order valence-electron chi connectivity index (χ3n) is 4.11. The summed E-state index contributed by atoms with van der Waals surface area (Å²) in [6.07, 6.45) is 0.136. The van der Waals surface area contributed by atoms with Crippen LogP contribution < -0.4 is 5.32 Å². The summed E-state index contributed by atoms with van der Waals surface area (Å²) in [5, 5.41) is 12.4. The molecule has 1 aliphatic rings. The molecule has 1 N–H and O–H groups in total. The van der Waals surface area contributed by atoms with E-state index in [0.717, 1.165) is 16.8 Å². The average molecular weight is 377 g/mol. The van der Waals surface area contributed by atoms with E-state index in [-0.39, 0.29) is 19.6 Å². The molecule has 0 bridgehead atoms. The summed E-state index contributed by atoms with van der Waals surface area (Å²) in [5.74, 6) is -0.924. The number of rotatable bonds is 7. The number of nitrogens with one attached hydrogen (secondary N) is 1. The second-order valence-electron chi connectivity index (χ2n) is 5.74. The molecule has 0 amide bonds. The fourth-order valence-corrected chi connectivity index (χ4v) is 3.19. The lowest BCUT2D eigenvalue weighted by molar-refractivity contribution is -0.265. The molecule has 0 radical (unpaired) electrons. The molecule has 1 aromatic carbocycles. The first-order valence-corrected chi connectivity index (χ1v) is 8.50. The maximum Gasteiger partial charge on any atom is 0.336 e. The number of carbonyl (C=O) groups is 1. The van der Waals surface area contributed by atoms with Gasteiger partial charge in [-0.1, -0.05) is 29.8 Å². The smallest absolute Gasteiger partial charge is 0.336 e. The maximum absolute atomic E-state index is 12.7. The zero-order valence-electron chi connectivity index (χ0n) is 15.0. The van der Waals surface area contributed by atoms with Gasteiger partial charge in [-0.2, -0.15) is 5.26 Å². The van der Waals surface area contributed by atoms with Crippen molar-refractivity contribution in [2.45, 2.75) is 26.2 Å². The van der Waals surface area contributed by atoms with Gasteiger partial charge < -0.3 is 10.1 Å². The van der Waals surface area contributed by atoms with Gasteiger partial charge in [-0.3, -0.25) is 0 Å². The van der Waals surface area contributed by atoms with Crippen LogP contribution in [-0.4, -0.2) is 26.3 Å². The predicted octanol–water partition coefficient (Wildman–Crippen LogP) is 3.61. The monoisotopic (exact) mass is 376 g/mol. The Morgan fingerprint density at radius 3 is 2.69 bits per heavy atom. The number of nitrogens with zero attached hydrogens (tertiary/aromatic N) is 1. The topological polar surface area (TPSA) is 80.6 Å². The molecule has 0 spiro atoms. The number of nitriles is 1. The Morgan fingerprint density at radius 2 is 2.04 bits per heavy atom. The van der Waals surface area contributed by atoms with Crippen molar-refractivity contribution in [2.75, 3.05) is 20.3 Å². The van der Waals surface area contributed by atoms with Crippen molar-refractivity contribution in [1.82, 2.24) is 5.32 Å². The Bertz CT molecular complexity index is 780. The molecular weight excluding hydrogens is 356 g/mol. The van der Waals surface area contributed by atoms with Crippen LogP contribution in [0.25, 0.3) is 0 Å². The van der Waals surface area contributed by atoms with E-state index in [1.165, 1.54) is 7.11 Å². The number of esters is 1. The summed E-state index contributed by atoms with van der Waals surface area (Å²) in [5.41, 5.74) is 3.57. The Labute approximate surface area is 157 Å². The highest BCUT2D eigenvalue weighted by molar-refractivity contribution is 6.31. The third-order valence-corrected chi connectivity index (χ3v) is 4.46. The summed E-state index contributed by atoms with van der Waals surface area (Å²) in [6, 6.07) is 9.29. The molecule has 0 fully saturated rings. The first kappa shape index (κ1) is 20.0. The normalized spacial score (nSPS) is 17.0. The highest BCUT2D eigenvalue weighted by Gasteiger charge is 2.35. The van der Waals surface area contributed by atoms with Crippen LogP contribution in [0.4, 0.5) is 0 Å². The van der Waals surface area contributed by atoms with Crippen LogP contribution in [0.2, 0.25) is 5.02 Å².